The number of rotatable bonds is 8. The molecule has 0 aliphatic carbocycles. The average Bonchev–Trinajstić information content (AvgIpc) is 3.28. The zero-order chi connectivity index (χ0) is 21.3. The highest BCUT2D eigenvalue weighted by Gasteiger charge is 2.22. The first kappa shape index (κ1) is 21.9. The molecule has 0 unspecified atom stereocenters. The molecule has 0 bridgehead atoms. The van der Waals surface area contributed by atoms with Gasteiger partial charge in [0.15, 0.2) is 0 Å². The molecular formula is C21H25FN4O3S. The second kappa shape index (κ2) is 10.8. The van der Waals surface area contributed by atoms with Crippen molar-refractivity contribution in [1.82, 2.24) is 15.1 Å². The molecule has 2 N–H and O–H groups in total. The zero-order valence-corrected chi connectivity index (χ0v) is 17.4. The van der Waals surface area contributed by atoms with Gasteiger partial charge in [-0.15, -0.1) is 11.3 Å². The van der Waals surface area contributed by atoms with E-state index in [-0.39, 0.29) is 30.1 Å². The van der Waals surface area contributed by atoms with Gasteiger partial charge in [0.25, 0.3) is 5.91 Å². The molecule has 3 rings (SSSR count). The van der Waals surface area contributed by atoms with Crippen LogP contribution >= 0.6 is 11.3 Å². The van der Waals surface area contributed by atoms with Gasteiger partial charge in [-0.2, -0.15) is 0 Å². The highest BCUT2D eigenvalue weighted by atomic mass is 32.1. The summed E-state index contributed by atoms with van der Waals surface area (Å²) >= 11 is 1.39. The Hall–Kier alpha value is -2.78. The summed E-state index contributed by atoms with van der Waals surface area (Å²) in [6.45, 7) is 3.09. The van der Waals surface area contributed by atoms with Gasteiger partial charge in [0.2, 0.25) is 11.8 Å². The Morgan fingerprint density at radius 2 is 1.77 bits per heavy atom. The van der Waals surface area contributed by atoms with Crippen molar-refractivity contribution >= 4 is 34.7 Å². The largest absolute Gasteiger partial charge is 0.351 e. The fourth-order valence-electron chi connectivity index (χ4n) is 3.19. The Labute approximate surface area is 178 Å². The van der Waals surface area contributed by atoms with Gasteiger partial charge in [0, 0.05) is 44.8 Å². The van der Waals surface area contributed by atoms with Crippen LogP contribution in [0.2, 0.25) is 0 Å². The number of hydrogen-bond acceptors (Lipinski definition) is 5. The van der Waals surface area contributed by atoms with Crippen molar-refractivity contribution in [3.8, 4) is 0 Å². The maximum Gasteiger partial charge on any atom is 0.261 e. The molecule has 0 spiro atoms. The molecule has 0 saturated carbocycles. The van der Waals surface area contributed by atoms with E-state index in [0.717, 1.165) is 0 Å². The molecule has 30 heavy (non-hydrogen) atoms. The van der Waals surface area contributed by atoms with Crippen LogP contribution in [0.3, 0.4) is 0 Å². The molecule has 0 radical (unpaired) electrons. The summed E-state index contributed by atoms with van der Waals surface area (Å²) in [5, 5.41) is 7.42. The Morgan fingerprint density at radius 3 is 2.43 bits per heavy atom. The van der Waals surface area contributed by atoms with Crippen LogP contribution in [0.4, 0.5) is 10.1 Å². The van der Waals surface area contributed by atoms with Gasteiger partial charge in [0.05, 0.1) is 11.4 Å². The number of carbonyl (C=O) groups is 3. The SMILES string of the molecule is O=C(CN1CCN(C(=O)CCCNC(=O)c2cccs2)CC1)Nc1ccc(F)cc1. The monoisotopic (exact) mass is 432 g/mol. The van der Waals surface area contributed by atoms with Crippen LogP contribution in [0.1, 0.15) is 22.5 Å². The molecule has 3 amide bonds. The molecule has 1 aromatic carbocycles. The van der Waals surface area contributed by atoms with E-state index in [9.17, 15) is 18.8 Å². The van der Waals surface area contributed by atoms with Gasteiger partial charge in [-0.25, -0.2) is 4.39 Å². The van der Waals surface area contributed by atoms with E-state index in [2.05, 4.69) is 10.6 Å². The van der Waals surface area contributed by atoms with Crippen molar-refractivity contribution in [2.24, 2.45) is 0 Å². The second-order valence-corrected chi connectivity index (χ2v) is 8.00. The number of benzene rings is 1. The summed E-state index contributed by atoms with van der Waals surface area (Å²) in [4.78, 5) is 40.8. The summed E-state index contributed by atoms with van der Waals surface area (Å²) in [5.74, 6) is -0.553. The van der Waals surface area contributed by atoms with Crippen LogP contribution in [0.15, 0.2) is 41.8 Å². The third-order valence-electron chi connectivity index (χ3n) is 4.82. The molecule has 1 fully saturated rings. The summed E-state index contributed by atoms with van der Waals surface area (Å²) in [6, 6.07) is 9.24. The van der Waals surface area contributed by atoms with Gasteiger partial charge in [-0.05, 0) is 42.1 Å². The second-order valence-electron chi connectivity index (χ2n) is 7.05. The number of thiophene rings is 1. The van der Waals surface area contributed by atoms with E-state index >= 15 is 0 Å². The number of amides is 3. The molecule has 7 nitrogen and oxygen atoms in total. The zero-order valence-electron chi connectivity index (χ0n) is 16.6. The van der Waals surface area contributed by atoms with E-state index in [1.807, 2.05) is 16.3 Å². The van der Waals surface area contributed by atoms with Crippen molar-refractivity contribution in [2.45, 2.75) is 12.8 Å². The standard InChI is InChI=1S/C21H25FN4O3S/c22-16-5-7-17(8-6-16)24-19(27)15-25-10-12-26(13-11-25)20(28)4-1-9-23-21(29)18-3-2-14-30-18/h2-3,5-8,14H,1,4,9-13,15H2,(H,23,29)(H,24,27). The number of carbonyl (C=O) groups excluding carboxylic acids is 3. The molecule has 9 heteroatoms. The lowest BCUT2D eigenvalue weighted by molar-refractivity contribution is -0.133. The quantitative estimate of drug-likeness (QED) is 0.627. The summed E-state index contributed by atoms with van der Waals surface area (Å²) in [6.07, 6.45) is 0.978. The van der Waals surface area contributed by atoms with Crippen molar-refractivity contribution in [3.05, 3.63) is 52.5 Å². The molecular weight excluding hydrogens is 407 g/mol. The number of nitrogens with one attached hydrogen (secondary N) is 2. The van der Waals surface area contributed by atoms with Crippen LogP contribution < -0.4 is 10.6 Å². The first-order chi connectivity index (χ1) is 14.5. The maximum absolute atomic E-state index is 12.9. The molecule has 0 atom stereocenters. The lowest BCUT2D eigenvalue weighted by Crippen LogP contribution is -2.50. The summed E-state index contributed by atoms with van der Waals surface area (Å²) in [5.41, 5.74) is 0.557. The van der Waals surface area contributed by atoms with Gasteiger partial charge < -0.3 is 15.5 Å². The normalized spacial score (nSPS) is 14.4. The van der Waals surface area contributed by atoms with E-state index in [1.54, 1.807) is 11.0 Å². The Balaban J connectivity index is 1.30. The van der Waals surface area contributed by atoms with E-state index < -0.39 is 0 Å². The Morgan fingerprint density at radius 1 is 1.03 bits per heavy atom. The third-order valence-corrected chi connectivity index (χ3v) is 5.69. The number of hydrogen-bond donors (Lipinski definition) is 2. The highest BCUT2D eigenvalue weighted by Crippen LogP contribution is 2.10. The fraction of sp³-hybridized carbons (Fsp3) is 0.381. The Kier molecular flexibility index (Phi) is 7.92. The van der Waals surface area contributed by atoms with Gasteiger partial charge in [-0.3, -0.25) is 19.3 Å². The Bertz CT molecular complexity index is 850. The lowest BCUT2D eigenvalue weighted by Gasteiger charge is -2.34. The van der Waals surface area contributed by atoms with Crippen LogP contribution in [-0.2, 0) is 9.59 Å². The molecule has 160 valence electrons. The van der Waals surface area contributed by atoms with Crippen LogP contribution in [0, 0.1) is 5.82 Å². The summed E-state index contributed by atoms with van der Waals surface area (Å²) in [7, 11) is 0. The number of piperazine rings is 1. The topological polar surface area (TPSA) is 81.8 Å². The third kappa shape index (κ3) is 6.64. The van der Waals surface area contributed by atoms with Crippen molar-refractivity contribution in [1.29, 1.82) is 0 Å². The van der Waals surface area contributed by atoms with Crippen molar-refractivity contribution < 1.29 is 18.8 Å². The maximum atomic E-state index is 12.9. The summed E-state index contributed by atoms with van der Waals surface area (Å²) < 4.78 is 12.9. The van der Waals surface area contributed by atoms with E-state index in [4.69, 9.17) is 0 Å². The molecule has 1 aliphatic heterocycles. The molecule has 1 saturated heterocycles. The number of anilines is 1. The minimum Gasteiger partial charge on any atom is -0.351 e. The van der Waals surface area contributed by atoms with Gasteiger partial charge in [-0.1, -0.05) is 6.07 Å². The minimum absolute atomic E-state index is 0.0655. The fourth-order valence-corrected chi connectivity index (χ4v) is 3.83. The number of halogens is 1. The first-order valence-corrected chi connectivity index (χ1v) is 10.8. The van der Waals surface area contributed by atoms with Crippen LogP contribution in [0.5, 0.6) is 0 Å². The van der Waals surface area contributed by atoms with Crippen LogP contribution in [-0.4, -0.2) is 66.8 Å². The smallest absolute Gasteiger partial charge is 0.261 e. The average molecular weight is 433 g/mol. The van der Waals surface area contributed by atoms with E-state index in [1.165, 1.54) is 35.6 Å². The highest BCUT2D eigenvalue weighted by molar-refractivity contribution is 7.12. The predicted octanol–water partition coefficient (Wildman–Crippen LogP) is 2.18. The lowest BCUT2D eigenvalue weighted by atomic mass is 10.2. The molecule has 1 aliphatic rings. The van der Waals surface area contributed by atoms with Crippen molar-refractivity contribution in [3.63, 3.8) is 0 Å². The van der Waals surface area contributed by atoms with E-state index in [0.29, 0.717) is 56.1 Å². The molecule has 1 aromatic heterocycles. The van der Waals surface area contributed by atoms with Gasteiger partial charge in [0.1, 0.15) is 5.82 Å². The molecule has 2 heterocycles. The predicted molar refractivity (Wildman–Crippen MR) is 114 cm³/mol. The van der Waals surface area contributed by atoms with Crippen molar-refractivity contribution in [2.75, 3.05) is 44.6 Å². The minimum atomic E-state index is -0.348. The van der Waals surface area contributed by atoms with Crippen LogP contribution in [0.25, 0.3) is 0 Å². The molecule has 2 aromatic rings. The number of nitrogens with zero attached hydrogens (tertiary/aromatic N) is 2. The first-order valence-electron chi connectivity index (χ1n) is 9.88. The van der Waals surface area contributed by atoms with Gasteiger partial charge >= 0.3 is 0 Å².